The summed E-state index contributed by atoms with van der Waals surface area (Å²) in [5.41, 5.74) is 0. The molecule has 2 saturated heterocycles. The zero-order valence-corrected chi connectivity index (χ0v) is 32.0. The van der Waals surface area contributed by atoms with E-state index in [1.807, 2.05) is 116 Å². The zero-order valence-electron chi connectivity index (χ0n) is 26.4. The molecular weight excluding hydrogens is 614 g/mol. The maximum Gasteiger partial charge on any atom is 0 e. The monoisotopic (exact) mass is 680 g/mol. The quantitative estimate of drug-likeness (QED) is 0.279. The average Bonchev–Trinajstić information content (AvgIpc) is 3.02. The van der Waals surface area contributed by atoms with Crippen LogP contribution in [-0.4, -0.2) is 31.1 Å². The number of nitrogens with one attached hydrogen (secondary N) is 1. The maximum absolute atomic E-state index is 3.83. The minimum atomic E-state index is 0. The van der Waals surface area contributed by atoms with E-state index in [1.165, 1.54) is 64.7 Å². The first kappa shape index (κ1) is 58.3. The SMILES string of the molecule is C.C1CCNCC1.CC.CC.CC.CC.[CH2-]C.[CH2-]N1CCCCC1.[Y].[Y].[c-]1ccccc1.[c-]1ccccc1. The van der Waals surface area contributed by atoms with Crippen LogP contribution in [0.4, 0.5) is 0 Å². The Morgan fingerprint density at radius 2 is 0.816 bits per heavy atom. The Kier molecular flexibility index (Phi) is 109. The Balaban J connectivity index is -0.0000000464. The predicted octanol–water partition coefficient (Wildman–Crippen LogP) is 10.6. The van der Waals surface area contributed by atoms with Crippen molar-refractivity contribution in [2.24, 2.45) is 0 Å². The number of hydrogen-bond acceptors (Lipinski definition) is 2. The number of likely N-dealkylation sites (tertiary alicyclic amines) is 1. The van der Waals surface area contributed by atoms with E-state index in [-0.39, 0.29) is 72.8 Å². The van der Waals surface area contributed by atoms with Gasteiger partial charge < -0.3 is 17.1 Å². The molecule has 4 heteroatoms. The van der Waals surface area contributed by atoms with Crippen LogP contribution in [0.1, 0.15) is 108 Å². The Hall–Kier alpha value is 0.568. The normalized spacial score (nSPS) is 11.8. The fourth-order valence-electron chi connectivity index (χ4n) is 2.45. The molecule has 0 amide bonds. The third-order valence-corrected chi connectivity index (χ3v) is 3.87. The molecule has 0 aliphatic carbocycles. The molecule has 0 saturated carbocycles. The van der Waals surface area contributed by atoms with Crippen LogP contribution < -0.4 is 5.32 Å². The van der Waals surface area contributed by atoms with Crippen molar-refractivity contribution in [3.8, 4) is 0 Å². The summed E-state index contributed by atoms with van der Waals surface area (Å²) in [5, 5.41) is 3.28. The molecule has 0 bridgehead atoms. The van der Waals surface area contributed by atoms with Crippen molar-refractivity contribution < 1.29 is 65.4 Å². The number of hydrogen-bond donors (Lipinski definition) is 1. The molecule has 0 spiro atoms. The minimum absolute atomic E-state index is 0. The van der Waals surface area contributed by atoms with Crippen molar-refractivity contribution in [2.75, 3.05) is 26.2 Å². The van der Waals surface area contributed by atoms with Crippen LogP contribution in [0.5, 0.6) is 0 Å². The van der Waals surface area contributed by atoms with Gasteiger partial charge in [-0.2, -0.15) is 79.7 Å². The van der Waals surface area contributed by atoms with Crippen LogP contribution in [-0.2, 0) is 65.4 Å². The number of rotatable bonds is 0. The first-order valence-corrected chi connectivity index (χ1v) is 14.2. The average molecular weight is 681 g/mol. The smallest absolute Gasteiger partial charge is 0 e. The molecule has 2 aromatic rings. The van der Waals surface area contributed by atoms with E-state index in [0.29, 0.717) is 0 Å². The summed E-state index contributed by atoms with van der Waals surface area (Å²) in [6, 6.07) is 25.0. The fourth-order valence-corrected chi connectivity index (χ4v) is 2.45. The molecule has 222 valence electrons. The molecule has 0 atom stereocenters. The summed E-state index contributed by atoms with van der Waals surface area (Å²) in [4.78, 5) is 2.14. The Morgan fingerprint density at radius 3 is 0.921 bits per heavy atom. The molecule has 2 heterocycles. The van der Waals surface area contributed by atoms with Gasteiger partial charge in [0, 0.05) is 65.4 Å². The Morgan fingerprint density at radius 1 is 0.526 bits per heavy atom. The standard InChI is InChI=1S/C6H12N.2C6H5.C5H11N.4C2H6.C2H5.CH4.2Y/c1-7-5-3-2-4-6-7;3*1-2-4-6-5-3-1;5*1-2;;;/h1-6H2;2*1-5H;6H,1-5H2;4*1-2H3;1H2,2H3;1H4;;/q3*-1;;;;;;-1;;;. The van der Waals surface area contributed by atoms with Crippen molar-refractivity contribution >= 4 is 0 Å². The number of nitrogens with zero attached hydrogens (tertiary/aromatic N) is 1. The summed E-state index contributed by atoms with van der Waals surface area (Å²) in [7, 11) is 3.83. The molecule has 1 N–H and O–H groups in total. The van der Waals surface area contributed by atoms with Gasteiger partial charge in [0.25, 0.3) is 0 Å². The molecule has 2 fully saturated rings. The summed E-state index contributed by atoms with van der Waals surface area (Å²) < 4.78 is 0. The van der Waals surface area contributed by atoms with Crippen LogP contribution in [0.3, 0.4) is 0 Å². The van der Waals surface area contributed by atoms with E-state index in [2.05, 4.69) is 36.3 Å². The van der Waals surface area contributed by atoms with Gasteiger partial charge in [0.2, 0.25) is 0 Å². The van der Waals surface area contributed by atoms with Gasteiger partial charge in [-0.25, -0.2) is 0 Å². The Bertz CT molecular complexity index is 364. The number of piperidine rings is 2. The first-order chi connectivity index (χ1) is 17.4. The summed E-state index contributed by atoms with van der Waals surface area (Å²) >= 11 is 0. The van der Waals surface area contributed by atoms with Gasteiger partial charge in [-0.15, -0.1) is 0 Å². The van der Waals surface area contributed by atoms with Crippen molar-refractivity contribution in [2.45, 2.75) is 108 Å². The maximum atomic E-state index is 3.83. The van der Waals surface area contributed by atoms with E-state index in [0.717, 1.165) is 0 Å². The largest absolute Gasteiger partial charge is 0.459 e. The molecule has 0 aromatic heterocycles. The molecule has 4 rings (SSSR count). The fraction of sp³-hybridized carbons (Fsp3) is 0.588. The van der Waals surface area contributed by atoms with Gasteiger partial charge in [-0.05, 0) is 51.9 Å². The van der Waals surface area contributed by atoms with Crippen LogP contribution in [0.15, 0.2) is 60.7 Å². The first-order valence-electron chi connectivity index (χ1n) is 14.2. The van der Waals surface area contributed by atoms with Gasteiger partial charge in [-0.3, -0.25) is 7.05 Å². The molecule has 0 unspecified atom stereocenters. The zero-order chi connectivity index (χ0) is 27.8. The van der Waals surface area contributed by atoms with E-state index in [1.54, 1.807) is 6.92 Å². The molecule has 2 aromatic carbocycles. The van der Waals surface area contributed by atoms with E-state index in [9.17, 15) is 0 Å². The summed E-state index contributed by atoms with van der Waals surface area (Å²) in [6.45, 7) is 25.9. The topological polar surface area (TPSA) is 15.3 Å². The van der Waals surface area contributed by atoms with Gasteiger partial charge in [0.1, 0.15) is 0 Å². The molecule has 2 aliphatic heterocycles. The van der Waals surface area contributed by atoms with Gasteiger partial charge in [0.15, 0.2) is 0 Å². The van der Waals surface area contributed by atoms with Crippen molar-refractivity contribution in [1.82, 2.24) is 10.2 Å². The van der Waals surface area contributed by atoms with Gasteiger partial charge >= 0.3 is 0 Å². The molecule has 38 heavy (non-hydrogen) atoms. The van der Waals surface area contributed by atoms with E-state index < -0.39 is 0 Å². The predicted molar refractivity (Wildman–Crippen MR) is 171 cm³/mol. The van der Waals surface area contributed by atoms with Crippen LogP contribution in [0, 0.1) is 26.1 Å². The van der Waals surface area contributed by atoms with Crippen LogP contribution >= 0.6 is 0 Å². The van der Waals surface area contributed by atoms with E-state index in [4.69, 9.17) is 0 Å². The van der Waals surface area contributed by atoms with E-state index >= 15 is 0 Å². The molecule has 2 radical (unpaired) electrons. The second kappa shape index (κ2) is 71.2. The third-order valence-electron chi connectivity index (χ3n) is 3.87. The van der Waals surface area contributed by atoms with Crippen LogP contribution in [0.25, 0.3) is 0 Å². The van der Waals surface area contributed by atoms with Crippen molar-refractivity contribution in [1.29, 1.82) is 0 Å². The molecular formula is C34H66N2Y2-4. The second-order valence-electron chi connectivity index (χ2n) is 6.14. The summed E-state index contributed by atoms with van der Waals surface area (Å²) in [6.07, 6.45) is 8.33. The summed E-state index contributed by atoms with van der Waals surface area (Å²) in [5.74, 6) is 0. The molecule has 2 aliphatic rings. The van der Waals surface area contributed by atoms with Gasteiger partial charge in [-0.1, -0.05) is 75.7 Å². The van der Waals surface area contributed by atoms with Crippen LogP contribution in [0.2, 0.25) is 0 Å². The minimum Gasteiger partial charge on any atom is -0.459 e. The van der Waals surface area contributed by atoms with Crippen molar-refractivity contribution in [3.05, 3.63) is 86.8 Å². The van der Waals surface area contributed by atoms with Gasteiger partial charge in [0.05, 0.1) is 0 Å². The number of benzene rings is 2. The third kappa shape index (κ3) is 65.5. The van der Waals surface area contributed by atoms with Crippen molar-refractivity contribution in [3.63, 3.8) is 0 Å². The Labute approximate surface area is 294 Å². The molecule has 2 nitrogen and oxygen atoms in total. The second-order valence-corrected chi connectivity index (χ2v) is 6.14.